The van der Waals surface area contributed by atoms with Gasteiger partial charge in [-0.2, -0.15) is 0 Å². The number of unbranched alkanes of at least 4 members (excludes halogenated alkanes) is 9. The summed E-state index contributed by atoms with van der Waals surface area (Å²) in [6.07, 6.45) is 10.6. The number of piperidine rings is 1. The second-order valence-corrected chi connectivity index (χ2v) is 6.57. The molecule has 1 heterocycles. The van der Waals surface area contributed by atoms with Crippen LogP contribution in [-0.4, -0.2) is 58.2 Å². The summed E-state index contributed by atoms with van der Waals surface area (Å²) in [5, 5.41) is 28.7. The lowest BCUT2D eigenvalue weighted by atomic mass is 10.0. The number of β-amino-alcohol motifs (C(OH)–C–C–N with tert-alkyl or cyclic N) is 2. The van der Waals surface area contributed by atoms with Gasteiger partial charge in [-0.1, -0.05) is 64.7 Å². The molecule has 126 valence electrons. The Hall–Kier alpha value is -0.160. The molecule has 0 saturated carbocycles. The minimum atomic E-state index is -0.978. The molecule has 0 bridgehead atoms. The van der Waals surface area contributed by atoms with Gasteiger partial charge in [0.05, 0.1) is 12.2 Å². The predicted octanol–water partition coefficient (Wildman–Crippen LogP) is 2.31. The zero-order valence-electron chi connectivity index (χ0n) is 13.7. The standard InChI is InChI=1S/C17H35NO3/c1-2-3-4-5-6-7-8-9-10-11-12-18-13-15(19)17(21)16(20)14-18/h15-17,19-21H,2-14H2,1H3/t15-,16+,17?. The predicted molar refractivity (Wildman–Crippen MR) is 86.3 cm³/mol. The molecule has 3 N–H and O–H groups in total. The first-order valence-electron chi connectivity index (χ1n) is 8.91. The normalized spacial score (nSPS) is 27.1. The van der Waals surface area contributed by atoms with Crippen LogP contribution in [0.1, 0.15) is 71.1 Å². The fourth-order valence-electron chi connectivity index (χ4n) is 3.08. The fraction of sp³-hybridized carbons (Fsp3) is 1.00. The summed E-state index contributed by atoms with van der Waals surface area (Å²) in [5.41, 5.74) is 0. The molecule has 1 rings (SSSR count). The molecule has 1 aliphatic heterocycles. The molecule has 0 aromatic heterocycles. The third-order valence-electron chi connectivity index (χ3n) is 4.51. The van der Waals surface area contributed by atoms with E-state index in [9.17, 15) is 15.3 Å². The van der Waals surface area contributed by atoms with Crippen molar-refractivity contribution in [1.29, 1.82) is 0 Å². The molecule has 0 amide bonds. The average molecular weight is 301 g/mol. The van der Waals surface area contributed by atoms with Crippen LogP contribution in [0.5, 0.6) is 0 Å². The summed E-state index contributed by atoms with van der Waals surface area (Å²) in [6.45, 7) is 4.13. The Morgan fingerprint density at radius 2 is 1.14 bits per heavy atom. The van der Waals surface area contributed by atoms with Crippen LogP contribution in [0.25, 0.3) is 0 Å². The molecule has 1 fully saturated rings. The van der Waals surface area contributed by atoms with E-state index in [0.717, 1.165) is 13.0 Å². The largest absolute Gasteiger partial charge is 0.389 e. The zero-order valence-corrected chi connectivity index (χ0v) is 13.7. The van der Waals surface area contributed by atoms with Gasteiger partial charge in [0, 0.05) is 13.1 Å². The monoisotopic (exact) mass is 301 g/mol. The lowest BCUT2D eigenvalue weighted by molar-refractivity contribution is -0.109. The average Bonchev–Trinajstić information content (AvgIpc) is 2.46. The Labute approximate surface area is 130 Å². The van der Waals surface area contributed by atoms with E-state index >= 15 is 0 Å². The maximum atomic E-state index is 9.63. The van der Waals surface area contributed by atoms with E-state index in [1.807, 2.05) is 0 Å². The summed E-state index contributed by atoms with van der Waals surface area (Å²) < 4.78 is 0. The maximum absolute atomic E-state index is 9.63. The van der Waals surface area contributed by atoms with Crippen molar-refractivity contribution in [2.45, 2.75) is 89.4 Å². The minimum Gasteiger partial charge on any atom is -0.389 e. The van der Waals surface area contributed by atoms with Gasteiger partial charge in [-0.25, -0.2) is 0 Å². The molecule has 21 heavy (non-hydrogen) atoms. The van der Waals surface area contributed by atoms with Gasteiger partial charge in [0.2, 0.25) is 0 Å². The van der Waals surface area contributed by atoms with Crippen molar-refractivity contribution >= 4 is 0 Å². The van der Waals surface area contributed by atoms with Crippen LogP contribution in [0.4, 0.5) is 0 Å². The van der Waals surface area contributed by atoms with Crippen LogP contribution < -0.4 is 0 Å². The molecule has 1 saturated heterocycles. The fourth-order valence-corrected chi connectivity index (χ4v) is 3.08. The first-order valence-corrected chi connectivity index (χ1v) is 8.91. The van der Waals surface area contributed by atoms with Crippen LogP contribution in [0, 0.1) is 0 Å². The molecule has 1 aliphatic rings. The topological polar surface area (TPSA) is 63.9 Å². The number of hydrogen-bond acceptors (Lipinski definition) is 4. The van der Waals surface area contributed by atoms with Crippen molar-refractivity contribution < 1.29 is 15.3 Å². The summed E-state index contributed by atoms with van der Waals surface area (Å²) in [4.78, 5) is 2.06. The van der Waals surface area contributed by atoms with E-state index in [4.69, 9.17) is 0 Å². The Morgan fingerprint density at radius 3 is 1.62 bits per heavy atom. The second kappa shape index (κ2) is 11.4. The lowest BCUT2D eigenvalue weighted by Crippen LogP contribution is -2.55. The van der Waals surface area contributed by atoms with E-state index in [1.165, 1.54) is 57.8 Å². The van der Waals surface area contributed by atoms with Gasteiger partial charge in [0.1, 0.15) is 6.10 Å². The Balaban J connectivity index is 1.90. The summed E-state index contributed by atoms with van der Waals surface area (Å²) >= 11 is 0. The molecular weight excluding hydrogens is 266 g/mol. The van der Waals surface area contributed by atoms with Gasteiger partial charge >= 0.3 is 0 Å². The molecule has 0 aromatic carbocycles. The molecular formula is C17H35NO3. The van der Waals surface area contributed by atoms with Crippen LogP contribution >= 0.6 is 0 Å². The lowest BCUT2D eigenvalue weighted by Gasteiger charge is -2.36. The van der Waals surface area contributed by atoms with Crippen molar-refractivity contribution in [2.75, 3.05) is 19.6 Å². The quantitative estimate of drug-likeness (QED) is 0.512. The molecule has 1 unspecified atom stereocenters. The van der Waals surface area contributed by atoms with Gasteiger partial charge in [-0.05, 0) is 13.0 Å². The van der Waals surface area contributed by atoms with E-state index in [0.29, 0.717) is 13.1 Å². The van der Waals surface area contributed by atoms with Crippen molar-refractivity contribution in [3.8, 4) is 0 Å². The van der Waals surface area contributed by atoms with E-state index in [-0.39, 0.29) is 0 Å². The summed E-state index contributed by atoms with van der Waals surface area (Å²) in [6, 6.07) is 0. The Morgan fingerprint density at radius 1 is 0.714 bits per heavy atom. The molecule has 0 aromatic rings. The van der Waals surface area contributed by atoms with Crippen molar-refractivity contribution in [2.24, 2.45) is 0 Å². The molecule has 0 radical (unpaired) electrons. The summed E-state index contributed by atoms with van der Waals surface area (Å²) in [5.74, 6) is 0. The van der Waals surface area contributed by atoms with E-state index in [2.05, 4.69) is 11.8 Å². The first-order chi connectivity index (χ1) is 10.1. The van der Waals surface area contributed by atoms with Crippen LogP contribution in [0.3, 0.4) is 0 Å². The summed E-state index contributed by atoms with van der Waals surface area (Å²) in [7, 11) is 0. The van der Waals surface area contributed by atoms with Gasteiger partial charge in [0.15, 0.2) is 0 Å². The van der Waals surface area contributed by atoms with Gasteiger partial charge in [-0.15, -0.1) is 0 Å². The zero-order chi connectivity index (χ0) is 15.5. The number of nitrogens with zero attached hydrogens (tertiary/aromatic N) is 1. The van der Waals surface area contributed by atoms with Gasteiger partial charge in [0.25, 0.3) is 0 Å². The third kappa shape index (κ3) is 8.15. The highest BCUT2D eigenvalue weighted by Gasteiger charge is 2.32. The Kier molecular flexibility index (Phi) is 10.3. The van der Waals surface area contributed by atoms with Crippen molar-refractivity contribution in [3.05, 3.63) is 0 Å². The maximum Gasteiger partial charge on any atom is 0.108 e. The highest BCUT2D eigenvalue weighted by Crippen LogP contribution is 2.14. The molecule has 0 aliphatic carbocycles. The molecule has 4 heteroatoms. The van der Waals surface area contributed by atoms with Crippen LogP contribution in [0.15, 0.2) is 0 Å². The number of rotatable bonds is 11. The van der Waals surface area contributed by atoms with Gasteiger partial charge in [-0.3, -0.25) is 4.90 Å². The third-order valence-corrected chi connectivity index (χ3v) is 4.51. The first kappa shape index (κ1) is 18.9. The highest BCUT2D eigenvalue weighted by atomic mass is 16.4. The second-order valence-electron chi connectivity index (χ2n) is 6.57. The van der Waals surface area contributed by atoms with Gasteiger partial charge < -0.3 is 15.3 Å². The molecule has 3 atom stereocenters. The van der Waals surface area contributed by atoms with Crippen LogP contribution in [0.2, 0.25) is 0 Å². The molecule has 4 nitrogen and oxygen atoms in total. The van der Waals surface area contributed by atoms with E-state index in [1.54, 1.807) is 0 Å². The van der Waals surface area contributed by atoms with Crippen LogP contribution in [-0.2, 0) is 0 Å². The number of hydrogen-bond donors (Lipinski definition) is 3. The minimum absolute atomic E-state index is 0.482. The highest BCUT2D eigenvalue weighted by molar-refractivity contribution is 4.86. The smallest absolute Gasteiger partial charge is 0.108 e. The van der Waals surface area contributed by atoms with E-state index < -0.39 is 18.3 Å². The number of likely N-dealkylation sites (tertiary alicyclic amines) is 1. The Bertz CT molecular complexity index is 238. The van der Waals surface area contributed by atoms with Crippen molar-refractivity contribution in [3.63, 3.8) is 0 Å². The number of aliphatic hydroxyl groups excluding tert-OH is 3. The SMILES string of the molecule is CCCCCCCCCCCCN1C[C@@H](O)C(O)[C@@H](O)C1. The molecule has 0 spiro atoms. The van der Waals surface area contributed by atoms with Crippen molar-refractivity contribution in [1.82, 2.24) is 4.90 Å². The number of aliphatic hydroxyl groups is 3.